The van der Waals surface area contributed by atoms with Gasteiger partial charge in [-0.3, -0.25) is 4.79 Å². The minimum atomic E-state index is 0.0877. The van der Waals surface area contributed by atoms with Crippen LogP contribution in [0.15, 0.2) is 60.7 Å². The first kappa shape index (κ1) is 16.5. The SMILES string of the molecule is C=C(C)C(=O)CCCOc1ccc(-c2ccc(C#N)cc2)cc1. The summed E-state index contributed by atoms with van der Waals surface area (Å²) in [5.41, 5.74) is 3.37. The van der Waals surface area contributed by atoms with Gasteiger partial charge in [-0.2, -0.15) is 5.26 Å². The van der Waals surface area contributed by atoms with E-state index in [9.17, 15) is 4.79 Å². The van der Waals surface area contributed by atoms with Crippen molar-refractivity contribution in [1.29, 1.82) is 5.26 Å². The normalized spacial score (nSPS) is 9.91. The number of rotatable bonds is 7. The van der Waals surface area contributed by atoms with Gasteiger partial charge in [-0.1, -0.05) is 30.8 Å². The Morgan fingerprint density at radius 1 is 1.09 bits per heavy atom. The zero-order valence-corrected chi connectivity index (χ0v) is 13.2. The van der Waals surface area contributed by atoms with Gasteiger partial charge in [0.2, 0.25) is 0 Å². The Morgan fingerprint density at radius 3 is 2.17 bits per heavy atom. The Hall–Kier alpha value is -2.86. The largest absolute Gasteiger partial charge is 0.494 e. The van der Waals surface area contributed by atoms with E-state index in [-0.39, 0.29) is 5.78 Å². The lowest BCUT2D eigenvalue weighted by atomic mass is 10.0. The summed E-state index contributed by atoms with van der Waals surface area (Å²) >= 11 is 0. The molecular weight excluding hydrogens is 286 g/mol. The standard InChI is InChI=1S/C20H19NO2/c1-15(2)20(22)4-3-13-23-19-11-9-18(10-12-19)17-7-5-16(14-21)6-8-17/h5-12H,1,3-4,13H2,2H3. The highest BCUT2D eigenvalue weighted by atomic mass is 16.5. The second-order valence-corrected chi connectivity index (χ2v) is 5.37. The summed E-state index contributed by atoms with van der Waals surface area (Å²) in [5.74, 6) is 0.870. The number of carbonyl (C=O) groups is 1. The highest BCUT2D eigenvalue weighted by Gasteiger charge is 2.03. The lowest BCUT2D eigenvalue weighted by Gasteiger charge is -2.07. The number of nitrogens with zero attached hydrogens (tertiary/aromatic N) is 1. The molecule has 116 valence electrons. The van der Waals surface area contributed by atoms with Crippen LogP contribution < -0.4 is 4.74 Å². The van der Waals surface area contributed by atoms with E-state index >= 15 is 0 Å². The lowest BCUT2D eigenvalue weighted by Crippen LogP contribution is -2.03. The minimum absolute atomic E-state index is 0.0877. The number of carbonyl (C=O) groups excluding carboxylic acids is 1. The van der Waals surface area contributed by atoms with Crippen molar-refractivity contribution in [2.75, 3.05) is 6.61 Å². The fourth-order valence-electron chi connectivity index (χ4n) is 2.12. The maximum atomic E-state index is 11.4. The van der Waals surface area contributed by atoms with Gasteiger partial charge in [0.25, 0.3) is 0 Å². The second-order valence-electron chi connectivity index (χ2n) is 5.37. The molecule has 0 N–H and O–H groups in total. The van der Waals surface area contributed by atoms with Crippen molar-refractivity contribution in [2.24, 2.45) is 0 Å². The number of benzene rings is 2. The monoisotopic (exact) mass is 305 g/mol. The first-order valence-electron chi connectivity index (χ1n) is 7.52. The zero-order valence-electron chi connectivity index (χ0n) is 13.2. The van der Waals surface area contributed by atoms with Gasteiger partial charge in [0.1, 0.15) is 5.75 Å². The molecule has 0 radical (unpaired) electrons. The summed E-state index contributed by atoms with van der Waals surface area (Å²) in [6.07, 6.45) is 1.15. The first-order valence-corrected chi connectivity index (χ1v) is 7.52. The van der Waals surface area contributed by atoms with Gasteiger partial charge >= 0.3 is 0 Å². The molecule has 0 saturated carbocycles. The third kappa shape index (κ3) is 4.82. The Bertz CT molecular complexity index is 722. The van der Waals surface area contributed by atoms with Gasteiger partial charge in [-0.05, 0) is 54.3 Å². The van der Waals surface area contributed by atoms with E-state index in [2.05, 4.69) is 12.6 Å². The van der Waals surface area contributed by atoms with Crippen molar-refractivity contribution in [2.45, 2.75) is 19.8 Å². The summed E-state index contributed by atoms with van der Waals surface area (Å²) in [5, 5.41) is 8.81. The predicted octanol–water partition coefficient (Wildman–Crippen LogP) is 4.53. The molecule has 23 heavy (non-hydrogen) atoms. The smallest absolute Gasteiger partial charge is 0.158 e. The summed E-state index contributed by atoms with van der Waals surface area (Å²) in [4.78, 5) is 11.4. The summed E-state index contributed by atoms with van der Waals surface area (Å²) in [6, 6.07) is 17.4. The molecule has 0 fully saturated rings. The van der Waals surface area contributed by atoms with Crippen molar-refractivity contribution in [1.82, 2.24) is 0 Å². The molecule has 0 bridgehead atoms. The molecule has 0 aliphatic heterocycles. The Labute approximate surface area is 136 Å². The van der Waals surface area contributed by atoms with Crippen molar-refractivity contribution >= 4 is 5.78 Å². The molecule has 0 aromatic heterocycles. The number of ketones is 1. The number of Topliss-reactive ketones (excluding diaryl/α,β-unsaturated/α-hetero) is 1. The number of hydrogen-bond donors (Lipinski definition) is 0. The average molecular weight is 305 g/mol. The summed E-state index contributed by atoms with van der Waals surface area (Å²) < 4.78 is 5.64. The van der Waals surface area contributed by atoms with Crippen LogP contribution in [0.25, 0.3) is 11.1 Å². The van der Waals surface area contributed by atoms with E-state index in [0.29, 0.717) is 30.6 Å². The van der Waals surface area contributed by atoms with Crippen LogP contribution in [0, 0.1) is 11.3 Å². The Balaban J connectivity index is 1.88. The molecule has 0 atom stereocenters. The molecule has 0 aliphatic carbocycles. The molecule has 3 nitrogen and oxygen atoms in total. The van der Waals surface area contributed by atoms with Crippen molar-refractivity contribution < 1.29 is 9.53 Å². The van der Waals surface area contributed by atoms with E-state index in [0.717, 1.165) is 16.9 Å². The molecule has 2 rings (SSSR count). The van der Waals surface area contributed by atoms with E-state index < -0.39 is 0 Å². The van der Waals surface area contributed by atoms with E-state index in [4.69, 9.17) is 10.00 Å². The van der Waals surface area contributed by atoms with Gasteiger partial charge < -0.3 is 4.74 Å². The van der Waals surface area contributed by atoms with Gasteiger partial charge in [0, 0.05) is 6.42 Å². The Kier molecular flexibility index (Phi) is 5.71. The highest BCUT2D eigenvalue weighted by Crippen LogP contribution is 2.23. The van der Waals surface area contributed by atoms with Crippen LogP contribution in [0.2, 0.25) is 0 Å². The molecular formula is C20H19NO2. The number of hydrogen-bond acceptors (Lipinski definition) is 3. The van der Waals surface area contributed by atoms with Crippen LogP contribution in [-0.2, 0) is 4.79 Å². The third-order valence-corrected chi connectivity index (χ3v) is 3.49. The molecule has 0 unspecified atom stereocenters. The molecule has 0 saturated heterocycles. The van der Waals surface area contributed by atoms with Crippen molar-refractivity contribution in [3.63, 3.8) is 0 Å². The van der Waals surface area contributed by atoms with Gasteiger partial charge in [-0.15, -0.1) is 0 Å². The highest BCUT2D eigenvalue weighted by molar-refractivity contribution is 5.94. The number of ether oxygens (including phenoxy) is 1. The number of allylic oxidation sites excluding steroid dienone is 1. The maximum Gasteiger partial charge on any atom is 0.158 e. The van der Waals surface area contributed by atoms with Crippen molar-refractivity contribution in [3.05, 3.63) is 66.2 Å². The average Bonchev–Trinajstić information content (AvgIpc) is 2.59. The van der Waals surface area contributed by atoms with E-state index in [1.54, 1.807) is 19.1 Å². The number of nitriles is 1. The predicted molar refractivity (Wildman–Crippen MR) is 91.1 cm³/mol. The molecule has 2 aromatic rings. The topological polar surface area (TPSA) is 50.1 Å². The molecule has 3 heteroatoms. The van der Waals surface area contributed by atoms with Crippen LogP contribution in [0.1, 0.15) is 25.3 Å². The van der Waals surface area contributed by atoms with Crippen LogP contribution in [-0.4, -0.2) is 12.4 Å². The lowest BCUT2D eigenvalue weighted by molar-refractivity contribution is -0.115. The van der Waals surface area contributed by atoms with Gasteiger partial charge in [-0.25, -0.2) is 0 Å². The Morgan fingerprint density at radius 2 is 1.65 bits per heavy atom. The summed E-state index contributed by atoms with van der Waals surface area (Å²) in [6.45, 7) is 5.87. The van der Waals surface area contributed by atoms with Crippen LogP contribution >= 0.6 is 0 Å². The molecule has 2 aromatic carbocycles. The third-order valence-electron chi connectivity index (χ3n) is 3.49. The first-order chi connectivity index (χ1) is 11.1. The molecule has 0 aliphatic rings. The van der Waals surface area contributed by atoms with Crippen molar-refractivity contribution in [3.8, 4) is 22.9 Å². The zero-order chi connectivity index (χ0) is 16.7. The quantitative estimate of drug-likeness (QED) is 0.558. The maximum absolute atomic E-state index is 11.4. The molecule has 0 amide bonds. The van der Waals surface area contributed by atoms with Crippen LogP contribution in [0.4, 0.5) is 0 Å². The molecule has 0 spiro atoms. The van der Waals surface area contributed by atoms with E-state index in [1.807, 2.05) is 36.4 Å². The fraction of sp³-hybridized carbons (Fsp3) is 0.200. The van der Waals surface area contributed by atoms with Gasteiger partial charge in [0.15, 0.2) is 5.78 Å². The fourth-order valence-corrected chi connectivity index (χ4v) is 2.12. The summed E-state index contributed by atoms with van der Waals surface area (Å²) in [7, 11) is 0. The minimum Gasteiger partial charge on any atom is -0.494 e. The van der Waals surface area contributed by atoms with Crippen LogP contribution in [0.5, 0.6) is 5.75 Å². The molecule has 0 heterocycles. The van der Waals surface area contributed by atoms with Gasteiger partial charge in [0.05, 0.1) is 18.2 Å². The second kappa shape index (κ2) is 7.95. The van der Waals surface area contributed by atoms with E-state index in [1.165, 1.54) is 0 Å². The van der Waals surface area contributed by atoms with Crippen LogP contribution in [0.3, 0.4) is 0 Å².